The third-order valence-electron chi connectivity index (χ3n) is 0. The number of allylic oxidation sites excluding steroid dienone is 1. The lowest BCUT2D eigenvalue weighted by Gasteiger charge is -1.77. The van der Waals surface area contributed by atoms with Crippen LogP contribution in [0.1, 0.15) is 13.8 Å². The van der Waals surface area contributed by atoms with Crippen LogP contribution in [0.15, 0.2) is 12.7 Å². The van der Waals surface area contributed by atoms with E-state index in [2.05, 4.69) is 6.58 Å². The Morgan fingerprint density at radius 2 is 1.86 bits per heavy atom. The topological polar surface area (TPSA) is 20.2 Å². The second-order valence-corrected chi connectivity index (χ2v) is 1.61. The summed E-state index contributed by atoms with van der Waals surface area (Å²) in [5.74, 6) is 0. The van der Waals surface area contributed by atoms with E-state index in [-0.39, 0.29) is 0 Å². The molecule has 2 heteroatoms. The Kier molecular flexibility index (Phi) is 13.5. The van der Waals surface area contributed by atoms with Gasteiger partial charge in [-0.25, -0.2) is 0 Å². The molecule has 0 aromatic rings. The molecule has 0 amide bonds. The van der Waals surface area contributed by atoms with Crippen LogP contribution >= 0.6 is 11.6 Å². The molecule has 0 radical (unpaired) electrons. The van der Waals surface area contributed by atoms with Crippen LogP contribution in [-0.4, -0.2) is 10.7 Å². The molecule has 0 saturated carbocycles. The van der Waals surface area contributed by atoms with Gasteiger partial charge in [-0.15, -0.1) is 6.58 Å². The lowest BCUT2D eigenvalue weighted by molar-refractivity contribution is 0.277. The summed E-state index contributed by atoms with van der Waals surface area (Å²) in [7, 11) is 0. The zero-order valence-corrected chi connectivity index (χ0v) is 5.44. The Labute approximate surface area is 49.6 Å². The first-order valence-electron chi connectivity index (χ1n) is 2.04. The van der Waals surface area contributed by atoms with Gasteiger partial charge in [-0.1, -0.05) is 17.7 Å². The molecule has 0 aromatic heterocycles. The van der Waals surface area contributed by atoms with E-state index >= 15 is 0 Å². The van der Waals surface area contributed by atoms with Crippen LogP contribution in [0.3, 0.4) is 0 Å². The maximum absolute atomic E-state index is 7.82. The van der Waals surface area contributed by atoms with Crippen LogP contribution in [0.2, 0.25) is 0 Å². The molecule has 0 saturated heterocycles. The predicted octanol–water partition coefficient (Wildman–Crippen LogP) is 1.76. The number of aliphatic hydroxyl groups is 1. The number of halogens is 1. The molecule has 0 aliphatic carbocycles. The van der Waals surface area contributed by atoms with Gasteiger partial charge >= 0.3 is 0 Å². The molecule has 0 fully saturated rings. The van der Waals surface area contributed by atoms with Crippen LogP contribution in [-0.2, 0) is 0 Å². The number of rotatable bonds is 0. The van der Waals surface area contributed by atoms with Crippen LogP contribution in [0.25, 0.3) is 0 Å². The molecule has 7 heavy (non-hydrogen) atoms. The minimum absolute atomic E-state index is 0.694. The second kappa shape index (κ2) is 9.37. The lowest BCUT2D eigenvalue weighted by Crippen LogP contribution is -1.79. The van der Waals surface area contributed by atoms with Crippen LogP contribution in [0.4, 0.5) is 0 Å². The van der Waals surface area contributed by atoms with Gasteiger partial charge in [0.15, 0.2) is 0 Å². The average Bonchev–Trinajstić information content (AvgIpc) is 1.33. The molecular weight excluding hydrogens is 112 g/mol. The van der Waals surface area contributed by atoms with Gasteiger partial charge in [-0.05, 0) is 13.8 Å². The van der Waals surface area contributed by atoms with Gasteiger partial charge in [0.1, 0.15) is 5.56 Å². The third kappa shape index (κ3) is 954000. The molecule has 0 aliphatic rings. The minimum Gasteiger partial charge on any atom is -0.378 e. The van der Waals surface area contributed by atoms with Gasteiger partial charge in [0.25, 0.3) is 0 Å². The molecule has 0 heterocycles. The predicted molar refractivity (Wildman–Crippen MR) is 33.4 cm³/mol. The second-order valence-electron chi connectivity index (χ2n) is 0.982. The van der Waals surface area contributed by atoms with E-state index in [0.717, 1.165) is 0 Å². The molecule has 0 spiro atoms. The average molecular weight is 123 g/mol. The summed E-state index contributed by atoms with van der Waals surface area (Å²) in [6.45, 7) is 6.74. The number of alkyl halides is 1. The van der Waals surface area contributed by atoms with Crippen molar-refractivity contribution in [1.82, 2.24) is 0 Å². The van der Waals surface area contributed by atoms with E-state index in [9.17, 15) is 0 Å². The van der Waals surface area contributed by atoms with E-state index < -0.39 is 5.56 Å². The smallest absolute Gasteiger partial charge is 0.125 e. The molecule has 0 rings (SSSR count). The fourth-order valence-corrected chi connectivity index (χ4v) is 0. The van der Waals surface area contributed by atoms with Crippen molar-refractivity contribution in [3.63, 3.8) is 0 Å². The Morgan fingerprint density at radius 1 is 1.86 bits per heavy atom. The standard InChI is InChI=1S/C3H6.C2H5ClO/c1-3-2;1-2(3)4/h3H,1H2,2H3;2,4H,1H3. The zero-order chi connectivity index (χ0) is 6.28. The molecule has 1 atom stereocenters. The van der Waals surface area contributed by atoms with Crippen molar-refractivity contribution in [3.05, 3.63) is 12.7 Å². The third-order valence-corrected chi connectivity index (χ3v) is 0. The first-order chi connectivity index (χ1) is 3.15. The van der Waals surface area contributed by atoms with Gasteiger partial charge in [0.05, 0.1) is 0 Å². The van der Waals surface area contributed by atoms with Gasteiger partial charge < -0.3 is 5.11 Å². The fourth-order valence-electron chi connectivity index (χ4n) is 0. The summed E-state index contributed by atoms with van der Waals surface area (Å²) in [4.78, 5) is 0. The van der Waals surface area contributed by atoms with E-state index in [4.69, 9.17) is 16.7 Å². The molecular formula is C5H11ClO. The van der Waals surface area contributed by atoms with Gasteiger partial charge in [0.2, 0.25) is 0 Å². The molecule has 44 valence electrons. The van der Waals surface area contributed by atoms with Crippen molar-refractivity contribution < 1.29 is 5.11 Å². The molecule has 1 nitrogen and oxygen atoms in total. The quantitative estimate of drug-likeness (QED) is 0.384. The van der Waals surface area contributed by atoms with Crippen molar-refractivity contribution >= 4 is 11.6 Å². The number of hydrogen-bond donors (Lipinski definition) is 1. The Hall–Kier alpha value is -0.0100. The summed E-state index contributed by atoms with van der Waals surface area (Å²) >= 11 is 4.83. The highest BCUT2D eigenvalue weighted by molar-refractivity contribution is 6.19. The monoisotopic (exact) mass is 122 g/mol. The summed E-state index contributed by atoms with van der Waals surface area (Å²) in [6, 6.07) is 0. The van der Waals surface area contributed by atoms with Crippen molar-refractivity contribution in [3.8, 4) is 0 Å². The summed E-state index contributed by atoms with van der Waals surface area (Å²) in [5.41, 5.74) is -0.694. The SMILES string of the molecule is C=CC.CC(O)Cl. The molecule has 1 unspecified atom stereocenters. The Balaban J connectivity index is 0. The maximum atomic E-state index is 7.82. The van der Waals surface area contributed by atoms with E-state index in [0.29, 0.717) is 0 Å². The van der Waals surface area contributed by atoms with E-state index in [1.807, 2.05) is 6.92 Å². The maximum Gasteiger partial charge on any atom is 0.125 e. The molecule has 0 aromatic carbocycles. The van der Waals surface area contributed by atoms with Gasteiger partial charge in [-0.2, -0.15) is 0 Å². The first-order valence-corrected chi connectivity index (χ1v) is 2.48. The number of hydrogen-bond acceptors (Lipinski definition) is 1. The van der Waals surface area contributed by atoms with Crippen molar-refractivity contribution in [2.45, 2.75) is 19.4 Å². The van der Waals surface area contributed by atoms with Crippen molar-refractivity contribution in [1.29, 1.82) is 0 Å². The highest BCUT2D eigenvalue weighted by Gasteiger charge is 1.72. The van der Waals surface area contributed by atoms with Crippen molar-refractivity contribution in [2.24, 2.45) is 0 Å². The zero-order valence-electron chi connectivity index (χ0n) is 4.69. The largest absolute Gasteiger partial charge is 0.378 e. The van der Waals surface area contributed by atoms with Crippen LogP contribution in [0.5, 0.6) is 0 Å². The van der Waals surface area contributed by atoms with Gasteiger partial charge in [0, 0.05) is 0 Å². The van der Waals surface area contributed by atoms with Crippen LogP contribution < -0.4 is 0 Å². The fraction of sp³-hybridized carbons (Fsp3) is 0.600. The molecule has 1 N–H and O–H groups in total. The minimum atomic E-state index is -0.694. The summed E-state index contributed by atoms with van der Waals surface area (Å²) in [5, 5.41) is 7.82. The van der Waals surface area contributed by atoms with Crippen LogP contribution in [0, 0.1) is 0 Å². The Morgan fingerprint density at radius 3 is 1.86 bits per heavy atom. The normalized spacial score (nSPS) is 10.9. The molecule has 0 bridgehead atoms. The number of aliphatic hydroxyl groups excluding tert-OH is 1. The lowest BCUT2D eigenvalue weighted by atomic mass is 10.8. The van der Waals surface area contributed by atoms with E-state index in [1.165, 1.54) is 6.92 Å². The summed E-state index contributed by atoms with van der Waals surface area (Å²) in [6.07, 6.45) is 1.75. The highest BCUT2D eigenvalue weighted by atomic mass is 35.5. The van der Waals surface area contributed by atoms with Gasteiger partial charge in [-0.3, -0.25) is 0 Å². The molecule has 0 aliphatic heterocycles. The summed E-state index contributed by atoms with van der Waals surface area (Å²) < 4.78 is 0. The van der Waals surface area contributed by atoms with E-state index in [1.54, 1.807) is 6.08 Å². The Bertz CT molecular complexity index is 32.3. The first kappa shape index (κ1) is 10.1. The highest BCUT2D eigenvalue weighted by Crippen LogP contribution is 1.79. The van der Waals surface area contributed by atoms with Crippen molar-refractivity contribution in [2.75, 3.05) is 0 Å².